The Morgan fingerprint density at radius 2 is 1.88 bits per heavy atom. The first-order valence-corrected chi connectivity index (χ1v) is 7.47. The van der Waals surface area contributed by atoms with Crippen LogP contribution in [0, 0.1) is 0 Å². The number of carbonyl (C=O) groups excluding carboxylic acids is 2. The van der Waals surface area contributed by atoms with Crippen LogP contribution < -0.4 is 9.47 Å². The van der Waals surface area contributed by atoms with Gasteiger partial charge in [-0.1, -0.05) is 11.6 Å². The highest BCUT2D eigenvalue weighted by atomic mass is 16.7. The quantitative estimate of drug-likeness (QED) is 0.327. The summed E-state index contributed by atoms with van der Waals surface area (Å²) in [4.78, 5) is 22.9. The standard InChI is InChI=1S/C18H22O6/c1-5-22-18(20)24-15-8-6-14(12-16(15)21-4)7-9-17(19)23-11-10-13(2)3/h6-10,12H,5,11H2,1-4H3. The summed E-state index contributed by atoms with van der Waals surface area (Å²) < 4.78 is 19.9. The van der Waals surface area contributed by atoms with Crippen molar-refractivity contribution in [3.63, 3.8) is 0 Å². The first-order valence-electron chi connectivity index (χ1n) is 7.47. The van der Waals surface area contributed by atoms with E-state index in [1.165, 1.54) is 13.2 Å². The number of methoxy groups -OCH3 is 1. The highest BCUT2D eigenvalue weighted by Crippen LogP contribution is 2.28. The Morgan fingerprint density at radius 3 is 2.50 bits per heavy atom. The number of carbonyl (C=O) groups is 2. The lowest BCUT2D eigenvalue weighted by Crippen LogP contribution is -2.10. The summed E-state index contributed by atoms with van der Waals surface area (Å²) in [7, 11) is 1.45. The number of benzene rings is 1. The van der Waals surface area contributed by atoms with Crippen LogP contribution in [-0.4, -0.2) is 32.4 Å². The molecule has 0 bridgehead atoms. The number of rotatable bonds is 7. The second-order valence-corrected chi connectivity index (χ2v) is 4.94. The van der Waals surface area contributed by atoms with Gasteiger partial charge in [0.1, 0.15) is 6.61 Å². The molecule has 0 heterocycles. The molecule has 0 aliphatic heterocycles. The highest BCUT2D eigenvalue weighted by molar-refractivity contribution is 5.87. The third-order valence-electron chi connectivity index (χ3n) is 2.77. The molecular weight excluding hydrogens is 312 g/mol. The summed E-state index contributed by atoms with van der Waals surface area (Å²) in [6.45, 7) is 5.99. The van der Waals surface area contributed by atoms with E-state index in [4.69, 9.17) is 18.9 Å². The van der Waals surface area contributed by atoms with Crippen molar-refractivity contribution in [2.45, 2.75) is 20.8 Å². The summed E-state index contributed by atoms with van der Waals surface area (Å²) in [6, 6.07) is 4.87. The van der Waals surface area contributed by atoms with Crippen LogP contribution >= 0.6 is 0 Å². The molecule has 0 saturated heterocycles. The van der Waals surface area contributed by atoms with E-state index in [1.54, 1.807) is 31.2 Å². The molecule has 1 aromatic rings. The van der Waals surface area contributed by atoms with Crippen molar-refractivity contribution in [3.05, 3.63) is 41.5 Å². The molecule has 0 saturated carbocycles. The van der Waals surface area contributed by atoms with Crippen molar-refractivity contribution < 1.29 is 28.5 Å². The third-order valence-corrected chi connectivity index (χ3v) is 2.77. The maximum Gasteiger partial charge on any atom is 0.513 e. The van der Waals surface area contributed by atoms with Gasteiger partial charge in [0.15, 0.2) is 11.5 Å². The fourth-order valence-electron chi connectivity index (χ4n) is 1.61. The first-order chi connectivity index (χ1) is 11.5. The van der Waals surface area contributed by atoms with E-state index in [9.17, 15) is 9.59 Å². The molecular formula is C18H22O6. The van der Waals surface area contributed by atoms with Crippen molar-refractivity contribution in [2.24, 2.45) is 0 Å². The monoisotopic (exact) mass is 334 g/mol. The predicted octanol–water partition coefficient (Wildman–Crippen LogP) is 3.75. The van der Waals surface area contributed by atoms with E-state index in [-0.39, 0.29) is 19.0 Å². The molecule has 1 aromatic carbocycles. The molecule has 0 aliphatic carbocycles. The Hall–Kier alpha value is -2.76. The number of esters is 1. The van der Waals surface area contributed by atoms with Gasteiger partial charge in [-0.15, -0.1) is 0 Å². The van der Waals surface area contributed by atoms with E-state index < -0.39 is 12.1 Å². The lowest BCUT2D eigenvalue weighted by atomic mass is 10.2. The third kappa shape index (κ3) is 7.00. The minimum atomic E-state index is -0.804. The smallest absolute Gasteiger partial charge is 0.493 e. The molecule has 0 amide bonds. The number of allylic oxidation sites excluding steroid dienone is 1. The summed E-state index contributed by atoms with van der Waals surface area (Å²) in [6.07, 6.45) is 3.92. The summed E-state index contributed by atoms with van der Waals surface area (Å²) in [5.74, 6) is 0.140. The van der Waals surface area contributed by atoms with Crippen LogP contribution in [0.2, 0.25) is 0 Å². The molecule has 0 radical (unpaired) electrons. The van der Waals surface area contributed by atoms with E-state index in [0.717, 1.165) is 5.57 Å². The summed E-state index contributed by atoms with van der Waals surface area (Å²) in [5.41, 5.74) is 1.77. The fraction of sp³-hybridized carbons (Fsp3) is 0.333. The van der Waals surface area contributed by atoms with Gasteiger partial charge in [-0.2, -0.15) is 0 Å². The van der Waals surface area contributed by atoms with E-state index >= 15 is 0 Å². The van der Waals surface area contributed by atoms with Gasteiger partial charge in [0.05, 0.1) is 13.7 Å². The zero-order valence-electron chi connectivity index (χ0n) is 14.3. The van der Waals surface area contributed by atoms with Crippen LogP contribution in [0.3, 0.4) is 0 Å². The van der Waals surface area contributed by atoms with Gasteiger partial charge in [0.25, 0.3) is 0 Å². The van der Waals surface area contributed by atoms with Crippen molar-refractivity contribution in [3.8, 4) is 11.5 Å². The fourth-order valence-corrected chi connectivity index (χ4v) is 1.61. The molecule has 0 fully saturated rings. The average Bonchev–Trinajstić information content (AvgIpc) is 2.53. The Bertz CT molecular complexity index is 626. The maximum absolute atomic E-state index is 11.6. The van der Waals surface area contributed by atoms with Gasteiger partial charge in [-0.25, -0.2) is 9.59 Å². The molecule has 6 heteroatoms. The summed E-state index contributed by atoms with van der Waals surface area (Å²) in [5, 5.41) is 0. The van der Waals surface area contributed by atoms with Gasteiger partial charge in [0.2, 0.25) is 0 Å². The van der Waals surface area contributed by atoms with Gasteiger partial charge in [-0.3, -0.25) is 0 Å². The van der Waals surface area contributed by atoms with Crippen LogP contribution in [0.15, 0.2) is 35.9 Å². The molecule has 24 heavy (non-hydrogen) atoms. The molecule has 0 N–H and O–H groups in total. The maximum atomic E-state index is 11.6. The first kappa shape index (κ1) is 19.3. The van der Waals surface area contributed by atoms with Crippen molar-refractivity contribution in [2.75, 3.05) is 20.3 Å². The van der Waals surface area contributed by atoms with Gasteiger partial charge in [-0.05, 0) is 50.6 Å². The van der Waals surface area contributed by atoms with E-state index in [0.29, 0.717) is 11.3 Å². The molecule has 0 unspecified atom stereocenters. The van der Waals surface area contributed by atoms with Crippen LogP contribution in [0.4, 0.5) is 4.79 Å². The number of hydrogen-bond donors (Lipinski definition) is 0. The minimum absolute atomic E-state index is 0.219. The molecule has 0 spiro atoms. The van der Waals surface area contributed by atoms with Crippen molar-refractivity contribution in [1.29, 1.82) is 0 Å². The average molecular weight is 334 g/mol. The normalized spacial score (nSPS) is 10.2. The van der Waals surface area contributed by atoms with Crippen LogP contribution in [-0.2, 0) is 14.3 Å². The number of ether oxygens (including phenoxy) is 4. The van der Waals surface area contributed by atoms with Crippen molar-refractivity contribution in [1.82, 2.24) is 0 Å². The Morgan fingerprint density at radius 1 is 1.12 bits per heavy atom. The van der Waals surface area contributed by atoms with Crippen LogP contribution in [0.5, 0.6) is 11.5 Å². The second kappa shape index (κ2) is 10.1. The Labute approximate surface area is 141 Å². The van der Waals surface area contributed by atoms with E-state index in [2.05, 4.69) is 0 Å². The SMILES string of the molecule is CCOC(=O)Oc1ccc(C=CC(=O)OCC=C(C)C)cc1OC. The predicted molar refractivity (Wildman–Crippen MR) is 90.1 cm³/mol. The summed E-state index contributed by atoms with van der Waals surface area (Å²) >= 11 is 0. The lowest BCUT2D eigenvalue weighted by Gasteiger charge is -2.09. The molecule has 0 aromatic heterocycles. The topological polar surface area (TPSA) is 71.1 Å². The molecule has 130 valence electrons. The zero-order valence-corrected chi connectivity index (χ0v) is 14.3. The Balaban J connectivity index is 2.73. The van der Waals surface area contributed by atoms with Crippen LogP contribution in [0.1, 0.15) is 26.3 Å². The highest BCUT2D eigenvalue weighted by Gasteiger charge is 2.11. The van der Waals surface area contributed by atoms with Crippen LogP contribution in [0.25, 0.3) is 6.08 Å². The molecule has 6 nitrogen and oxygen atoms in total. The second-order valence-electron chi connectivity index (χ2n) is 4.94. The van der Waals surface area contributed by atoms with Gasteiger partial charge < -0.3 is 18.9 Å². The lowest BCUT2D eigenvalue weighted by molar-refractivity contribution is -0.136. The Kier molecular flexibility index (Phi) is 8.11. The molecule has 0 aliphatic rings. The van der Waals surface area contributed by atoms with E-state index in [1.807, 2.05) is 19.9 Å². The van der Waals surface area contributed by atoms with Gasteiger partial charge >= 0.3 is 12.1 Å². The molecule has 1 rings (SSSR count). The minimum Gasteiger partial charge on any atom is -0.493 e. The number of hydrogen-bond acceptors (Lipinski definition) is 6. The zero-order chi connectivity index (χ0) is 17.9. The van der Waals surface area contributed by atoms with Crippen molar-refractivity contribution >= 4 is 18.2 Å². The largest absolute Gasteiger partial charge is 0.513 e. The van der Waals surface area contributed by atoms with Gasteiger partial charge in [0, 0.05) is 6.08 Å². The molecule has 0 atom stereocenters.